The molecular weight excluding hydrogens is 312 g/mol. The van der Waals surface area contributed by atoms with Gasteiger partial charge in [-0.3, -0.25) is 0 Å². The first-order valence-electron chi connectivity index (χ1n) is 8.38. The molecule has 0 aliphatic carbocycles. The molecule has 0 radical (unpaired) electrons. The summed E-state index contributed by atoms with van der Waals surface area (Å²) in [6.45, 7) is 1.41. The summed E-state index contributed by atoms with van der Waals surface area (Å²) in [6.07, 6.45) is 6.73. The van der Waals surface area contributed by atoms with Crippen LogP contribution in [0.25, 0.3) is 11.6 Å². The third-order valence-electron chi connectivity index (χ3n) is 4.15. The topological polar surface area (TPSA) is 52.0 Å². The molecule has 1 aliphatic rings. The first-order valence-corrected chi connectivity index (χ1v) is 8.38. The first kappa shape index (κ1) is 15.4. The van der Waals surface area contributed by atoms with E-state index in [1.807, 2.05) is 48.1 Å². The minimum Gasteiger partial charge on any atom is -0.491 e. The maximum atomic E-state index is 5.76. The van der Waals surface area contributed by atoms with Gasteiger partial charge in [0, 0.05) is 26.2 Å². The monoisotopic (exact) mass is 332 g/mol. The molecule has 126 valence electrons. The Hall–Kier alpha value is -3.08. The SMILES string of the molecule is Cn1cnc(/C=C2\CCOc3ccc(NCc4ccccc4)nc32)c1. The van der Waals surface area contributed by atoms with Crippen LogP contribution in [0.15, 0.2) is 55.0 Å². The minimum atomic E-state index is 0.671. The number of nitrogens with one attached hydrogen (secondary N) is 1. The van der Waals surface area contributed by atoms with E-state index in [4.69, 9.17) is 9.72 Å². The lowest BCUT2D eigenvalue weighted by atomic mass is 10.0. The highest BCUT2D eigenvalue weighted by Crippen LogP contribution is 2.33. The van der Waals surface area contributed by atoms with Gasteiger partial charge in [-0.15, -0.1) is 0 Å². The highest BCUT2D eigenvalue weighted by molar-refractivity contribution is 5.82. The van der Waals surface area contributed by atoms with Gasteiger partial charge >= 0.3 is 0 Å². The molecule has 1 aliphatic heterocycles. The average molecular weight is 332 g/mol. The number of nitrogens with zero attached hydrogens (tertiary/aromatic N) is 3. The maximum absolute atomic E-state index is 5.76. The van der Waals surface area contributed by atoms with Gasteiger partial charge in [0.15, 0.2) is 0 Å². The normalized spacial score (nSPS) is 14.8. The molecule has 5 heteroatoms. The van der Waals surface area contributed by atoms with Crippen LogP contribution in [0.2, 0.25) is 0 Å². The molecule has 0 spiro atoms. The van der Waals surface area contributed by atoms with Crippen LogP contribution in [-0.2, 0) is 13.6 Å². The van der Waals surface area contributed by atoms with Crippen molar-refractivity contribution in [3.05, 3.63) is 71.9 Å². The van der Waals surface area contributed by atoms with Gasteiger partial charge in [-0.2, -0.15) is 0 Å². The van der Waals surface area contributed by atoms with Gasteiger partial charge in [0.2, 0.25) is 0 Å². The largest absolute Gasteiger partial charge is 0.491 e. The molecular formula is C20H20N4O. The molecule has 0 atom stereocenters. The van der Waals surface area contributed by atoms with Crippen molar-refractivity contribution in [3.63, 3.8) is 0 Å². The van der Waals surface area contributed by atoms with Crippen LogP contribution in [0.3, 0.4) is 0 Å². The van der Waals surface area contributed by atoms with Gasteiger partial charge in [0.25, 0.3) is 0 Å². The number of pyridine rings is 1. The number of anilines is 1. The van der Waals surface area contributed by atoms with E-state index < -0.39 is 0 Å². The highest BCUT2D eigenvalue weighted by Gasteiger charge is 2.18. The molecule has 5 nitrogen and oxygen atoms in total. The lowest BCUT2D eigenvalue weighted by Gasteiger charge is -2.20. The van der Waals surface area contributed by atoms with Crippen molar-refractivity contribution in [3.8, 4) is 5.75 Å². The van der Waals surface area contributed by atoms with Gasteiger partial charge in [-0.05, 0) is 29.3 Å². The van der Waals surface area contributed by atoms with Crippen molar-refractivity contribution in [2.45, 2.75) is 13.0 Å². The van der Waals surface area contributed by atoms with E-state index in [9.17, 15) is 0 Å². The molecule has 0 amide bonds. The maximum Gasteiger partial charge on any atom is 0.145 e. The lowest BCUT2D eigenvalue weighted by Crippen LogP contribution is -2.11. The van der Waals surface area contributed by atoms with E-state index in [0.29, 0.717) is 6.61 Å². The molecule has 0 saturated heterocycles. The molecule has 1 N–H and O–H groups in total. The number of benzene rings is 1. The van der Waals surface area contributed by atoms with Crippen molar-refractivity contribution < 1.29 is 4.74 Å². The van der Waals surface area contributed by atoms with Gasteiger partial charge < -0.3 is 14.6 Å². The minimum absolute atomic E-state index is 0.671. The molecule has 0 bridgehead atoms. The Balaban J connectivity index is 1.59. The van der Waals surface area contributed by atoms with Gasteiger partial charge in [0.1, 0.15) is 17.3 Å². The summed E-state index contributed by atoms with van der Waals surface area (Å²) >= 11 is 0. The van der Waals surface area contributed by atoms with Crippen LogP contribution in [0, 0.1) is 0 Å². The van der Waals surface area contributed by atoms with E-state index in [1.165, 1.54) is 5.56 Å². The van der Waals surface area contributed by atoms with Crippen LogP contribution in [0.4, 0.5) is 5.82 Å². The predicted molar refractivity (Wildman–Crippen MR) is 99.2 cm³/mol. The second kappa shape index (κ2) is 6.81. The van der Waals surface area contributed by atoms with Crippen LogP contribution < -0.4 is 10.1 Å². The third-order valence-corrected chi connectivity index (χ3v) is 4.15. The van der Waals surface area contributed by atoms with E-state index >= 15 is 0 Å². The Bertz CT molecular complexity index is 899. The lowest BCUT2D eigenvalue weighted by molar-refractivity contribution is 0.314. The Morgan fingerprint density at radius 3 is 2.88 bits per heavy atom. The van der Waals surface area contributed by atoms with Gasteiger partial charge in [-0.25, -0.2) is 9.97 Å². The van der Waals surface area contributed by atoms with Gasteiger partial charge in [-0.1, -0.05) is 30.3 Å². The molecule has 25 heavy (non-hydrogen) atoms. The fourth-order valence-electron chi connectivity index (χ4n) is 2.90. The number of ether oxygens (including phenoxy) is 1. The Morgan fingerprint density at radius 2 is 2.08 bits per heavy atom. The van der Waals surface area contributed by atoms with Crippen LogP contribution >= 0.6 is 0 Å². The summed E-state index contributed by atoms with van der Waals surface area (Å²) < 4.78 is 7.70. The molecule has 1 aromatic carbocycles. The number of hydrogen-bond donors (Lipinski definition) is 1. The summed E-state index contributed by atoms with van der Waals surface area (Å²) in [5, 5.41) is 3.39. The summed E-state index contributed by atoms with van der Waals surface area (Å²) in [6, 6.07) is 14.2. The molecule has 0 fully saturated rings. The fraction of sp³-hybridized carbons (Fsp3) is 0.200. The van der Waals surface area contributed by atoms with E-state index in [1.54, 1.807) is 6.33 Å². The van der Waals surface area contributed by atoms with Crippen molar-refractivity contribution in [1.82, 2.24) is 14.5 Å². The zero-order chi connectivity index (χ0) is 17.1. The molecule has 0 saturated carbocycles. The quantitative estimate of drug-likeness (QED) is 0.790. The number of imidazole rings is 1. The Kier molecular flexibility index (Phi) is 4.21. The number of aryl methyl sites for hydroxylation is 1. The number of fused-ring (bicyclic) bond motifs is 1. The van der Waals surface area contributed by atoms with E-state index in [-0.39, 0.29) is 0 Å². The molecule has 3 heterocycles. The molecule has 3 aromatic rings. The highest BCUT2D eigenvalue weighted by atomic mass is 16.5. The Labute approximate surface area is 147 Å². The van der Waals surface area contributed by atoms with Crippen molar-refractivity contribution in [1.29, 1.82) is 0 Å². The zero-order valence-corrected chi connectivity index (χ0v) is 14.1. The first-order chi connectivity index (χ1) is 12.3. The second-order valence-corrected chi connectivity index (χ2v) is 6.11. The Morgan fingerprint density at radius 1 is 1.20 bits per heavy atom. The summed E-state index contributed by atoms with van der Waals surface area (Å²) in [7, 11) is 1.97. The average Bonchev–Trinajstić information content (AvgIpc) is 3.06. The summed E-state index contributed by atoms with van der Waals surface area (Å²) in [5.74, 6) is 1.68. The molecule has 4 rings (SSSR count). The number of rotatable bonds is 4. The van der Waals surface area contributed by atoms with Gasteiger partial charge in [0.05, 0.1) is 18.6 Å². The third kappa shape index (κ3) is 3.55. The van der Waals surface area contributed by atoms with Crippen LogP contribution in [0.5, 0.6) is 5.75 Å². The van der Waals surface area contributed by atoms with Crippen LogP contribution in [0.1, 0.15) is 23.4 Å². The van der Waals surface area contributed by atoms with Crippen molar-refractivity contribution >= 4 is 17.5 Å². The number of aromatic nitrogens is 3. The van der Waals surface area contributed by atoms with Crippen molar-refractivity contribution in [2.24, 2.45) is 7.05 Å². The molecule has 0 unspecified atom stereocenters. The number of hydrogen-bond acceptors (Lipinski definition) is 4. The predicted octanol–water partition coefficient (Wildman–Crippen LogP) is 3.75. The zero-order valence-electron chi connectivity index (χ0n) is 14.1. The molecule has 2 aromatic heterocycles. The standard InChI is InChI=1S/C20H20N4O/c1-24-13-17(22-14-24)11-16-9-10-25-18-7-8-19(23-20(16)18)21-12-15-5-3-2-4-6-15/h2-8,11,13-14H,9-10,12H2,1H3,(H,21,23)/b16-11+. The van der Waals surface area contributed by atoms with E-state index in [0.717, 1.165) is 41.5 Å². The van der Waals surface area contributed by atoms with Crippen LogP contribution in [-0.4, -0.2) is 21.1 Å². The smallest absolute Gasteiger partial charge is 0.145 e. The fourth-order valence-corrected chi connectivity index (χ4v) is 2.90. The second-order valence-electron chi connectivity index (χ2n) is 6.11. The van der Waals surface area contributed by atoms with E-state index in [2.05, 4.69) is 28.5 Å². The summed E-state index contributed by atoms with van der Waals surface area (Å²) in [4.78, 5) is 9.16. The van der Waals surface area contributed by atoms with Crippen molar-refractivity contribution in [2.75, 3.05) is 11.9 Å². The summed E-state index contributed by atoms with van der Waals surface area (Å²) in [5.41, 5.74) is 4.22.